The van der Waals surface area contributed by atoms with Crippen LogP contribution in [0.2, 0.25) is 0 Å². The topological polar surface area (TPSA) is 58.9 Å². The number of aryl methyl sites for hydroxylation is 1. The minimum absolute atomic E-state index is 0.808. The highest BCUT2D eigenvalue weighted by Gasteiger charge is 2.13. The van der Waals surface area contributed by atoms with Gasteiger partial charge in [0.25, 0.3) is 0 Å². The van der Waals surface area contributed by atoms with Crippen molar-refractivity contribution in [2.45, 2.75) is 0 Å². The molecule has 3 heterocycles. The van der Waals surface area contributed by atoms with E-state index in [2.05, 4.69) is 25.3 Å². The lowest BCUT2D eigenvalue weighted by atomic mass is 10.2. The maximum absolute atomic E-state index is 4.45. The van der Waals surface area contributed by atoms with Gasteiger partial charge < -0.3 is 10.2 Å². The van der Waals surface area contributed by atoms with Gasteiger partial charge >= 0.3 is 0 Å². The fraction of sp³-hybridized carbons (Fsp3) is 0.417. The summed E-state index contributed by atoms with van der Waals surface area (Å²) < 4.78 is 1.82. The summed E-state index contributed by atoms with van der Waals surface area (Å²) in [5, 5.41) is 7.46. The highest BCUT2D eigenvalue weighted by Crippen LogP contribution is 2.17. The summed E-state index contributed by atoms with van der Waals surface area (Å²) in [6.45, 7) is 3.91. The summed E-state index contributed by atoms with van der Waals surface area (Å²) in [4.78, 5) is 11.1. The van der Waals surface area contributed by atoms with E-state index >= 15 is 0 Å². The Balaban J connectivity index is 1.82. The lowest BCUT2D eigenvalue weighted by molar-refractivity contribution is 0.580. The second kappa shape index (κ2) is 4.73. The standard InChI is InChI=1S/C12H16N6/c1-17-11(2-3-16-17)10-8-14-12(15-9-10)18-6-4-13-5-7-18/h2-3,8-9,13H,4-7H2,1H3. The molecule has 0 amide bonds. The maximum Gasteiger partial charge on any atom is 0.225 e. The van der Waals surface area contributed by atoms with E-state index in [1.54, 1.807) is 6.20 Å². The molecule has 0 radical (unpaired) electrons. The Labute approximate surface area is 106 Å². The monoisotopic (exact) mass is 244 g/mol. The van der Waals surface area contributed by atoms with Gasteiger partial charge in [-0.2, -0.15) is 5.10 Å². The van der Waals surface area contributed by atoms with Gasteiger partial charge in [-0.25, -0.2) is 9.97 Å². The van der Waals surface area contributed by atoms with E-state index in [4.69, 9.17) is 0 Å². The molecule has 1 fully saturated rings. The van der Waals surface area contributed by atoms with E-state index in [0.717, 1.165) is 43.4 Å². The quantitative estimate of drug-likeness (QED) is 0.822. The van der Waals surface area contributed by atoms with E-state index in [0.29, 0.717) is 0 Å². The molecule has 1 aliphatic heterocycles. The number of anilines is 1. The molecule has 6 heteroatoms. The molecule has 0 aliphatic carbocycles. The molecule has 18 heavy (non-hydrogen) atoms. The summed E-state index contributed by atoms with van der Waals surface area (Å²) in [5.74, 6) is 0.808. The van der Waals surface area contributed by atoms with Crippen LogP contribution in [0.4, 0.5) is 5.95 Å². The third-order valence-electron chi connectivity index (χ3n) is 3.15. The highest BCUT2D eigenvalue weighted by molar-refractivity contribution is 5.57. The largest absolute Gasteiger partial charge is 0.338 e. The zero-order valence-corrected chi connectivity index (χ0v) is 10.4. The molecule has 6 nitrogen and oxygen atoms in total. The van der Waals surface area contributed by atoms with Crippen molar-refractivity contribution in [3.8, 4) is 11.3 Å². The molecular formula is C12H16N6. The molecule has 1 saturated heterocycles. The van der Waals surface area contributed by atoms with Gasteiger partial charge in [0.1, 0.15) is 0 Å². The van der Waals surface area contributed by atoms with Gasteiger partial charge in [-0.3, -0.25) is 4.68 Å². The van der Waals surface area contributed by atoms with E-state index in [9.17, 15) is 0 Å². The van der Waals surface area contributed by atoms with Crippen molar-refractivity contribution in [2.75, 3.05) is 31.1 Å². The van der Waals surface area contributed by atoms with Gasteiger partial charge in [0.15, 0.2) is 0 Å². The Bertz CT molecular complexity index is 512. The SMILES string of the molecule is Cn1nccc1-c1cnc(N2CCNCC2)nc1. The first-order valence-corrected chi connectivity index (χ1v) is 6.11. The van der Waals surface area contributed by atoms with Gasteiger partial charge in [0.05, 0.1) is 5.69 Å². The van der Waals surface area contributed by atoms with Crippen molar-refractivity contribution in [1.29, 1.82) is 0 Å². The molecular weight excluding hydrogens is 228 g/mol. The number of rotatable bonds is 2. The zero-order chi connectivity index (χ0) is 12.4. The van der Waals surface area contributed by atoms with Gasteiger partial charge in [0, 0.05) is 57.4 Å². The predicted octanol–water partition coefficient (Wildman–Crippen LogP) is 0.287. The zero-order valence-electron chi connectivity index (χ0n) is 10.4. The second-order valence-electron chi connectivity index (χ2n) is 4.35. The van der Waals surface area contributed by atoms with E-state index in [1.807, 2.05) is 30.2 Å². The summed E-state index contributed by atoms with van der Waals surface area (Å²) in [5.41, 5.74) is 2.02. The van der Waals surface area contributed by atoms with E-state index in [1.165, 1.54) is 0 Å². The molecule has 0 spiro atoms. The lowest BCUT2D eigenvalue weighted by Crippen LogP contribution is -2.44. The van der Waals surface area contributed by atoms with Crippen molar-refractivity contribution in [3.05, 3.63) is 24.7 Å². The highest BCUT2D eigenvalue weighted by atomic mass is 15.3. The van der Waals surface area contributed by atoms with Crippen molar-refractivity contribution in [1.82, 2.24) is 25.1 Å². The van der Waals surface area contributed by atoms with Crippen molar-refractivity contribution >= 4 is 5.95 Å². The van der Waals surface area contributed by atoms with Crippen LogP contribution in [0.3, 0.4) is 0 Å². The number of hydrogen-bond donors (Lipinski definition) is 1. The average molecular weight is 244 g/mol. The average Bonchev–Trinajstić information content (AvgIpc) is 2.86. The first-order chi connectivity index (χ1) is 8.84. The summed E-state index contributed by atoms with van der Waals surface area (Å²) in [6, 6.07) is 1.96. The fourth-order valence-electron chi connectivity index (χ4n) is 2.14. The maximum atomic E-state index is 4.45. The second-order valence-corrected chi connectivity index (χ2v) is 4.35. The van der Waals surface area contributed by atoms with Crippen LogP contribution in [-0.2, 0) is 7.05 Å². The Kier molecular flexibility index (Phi) is 2.93. The Morgan fingerprint density at radius 2 is 1.89 bits per heavy atom. The Morgan fingerprint density at radius 3 is 2.50 bits per heavy atom. The van der Waals surface area contributed by atoms with Crippen LogP contribution in [0.1, 0.15) is 0 Å². The molecule has 2 aromatic heterocycles. The molecule has 0 aromatic carbocycles. The Morgan fingerprint density at radius 1 is 1.17 bits per heavy atom. The number of aromatic nitrogens is 4. The van der Waals surface area contributed by atoms with E-state index < -0.39 is 0 Å². The van der Waals surface area contributed by atoms with Crippen molar-refractivity contribution in [3.63, 3.8) is 0 Å². The van der Waals surface area contributed by atoms with Crippen LogP contribution < -0.4 is 10.2 Å². The van der Waals surface area contributed by atoms with Crippen molar-refractivity contribution in [2.24, 2.45) is 7.05 Å². The number of piperazine rings is 1. The third kappa shape index (κ3) is 2.06. The van der Waals surface area contributed by atoms with Crippen LogP contribution in [0.5, 0.6) is 0 Å². The van der Waals surface area contributed by atoms with Gasteiger partial charge in [0.2, 0.25) is 5.95 Å². The first-order valence-electron chi connectivity index (χ1n) is 6.11. The van der Waals surface area contributed by atoms with Crippen LogP contribution in [0.25, 0.3) is 11.3 Å². The van der Waals surface area contributed by atoms with Gasteiger partial charge in [-0.1, -0.05) is 0 Å². The van der Waals surface area contributed by atoms with Crippen LogP contribution in [0, 0.1) is 0 Å². The van der Waals surface area contributed by atoms with Gasteiger partial charge in [-0.15, -0.1) is 0 Å². The first kappa shape index (κ1) is 11.2. The molecule has 0 atom stereocenters. The molecule has 0 saturated carbocycles. The van der Waals surface area contributed by atoms with Crippen LogP contribution >= 0.6 is 0 Å². The molecule has 0 unspecified atom stereocenters. The predicted molar refractivity (Wildman–Crippen MR) is 69.3 cm³/mol. The molecule has 2 aromatic rings. The van der Waals surface area contributed by atoms with Crippen molar-refractivity contribution < 1.29 is 0 Å². The summed E-state index contributed by atoms with van der Waals surface area (Å²) in [7, 11) is 1.92. The summed E-state index contributed by atoms with van der Waals surface area (Å²) >= 11 is 0. The molecule has 1 N–H and O–H groups in total. The van der Waals surface area contributed by atoms with E-state index in [-0.39, 0.29) is 0 Å². The minimum atomic E-state index is 0.808. The molecule has 3 rings (SSSR count). The lowest BCUT2D eigenvalue weighted by Gasteiger charge is -2.27. The molecule has 1 aliphatic rings. The third-order valence-corrected chi connectivity index (χ3v) is 3.15. The van der Waals surface area contributed by atoms with Crippen LogP contribution in [0.15, 0.2) is 24.7 Å². The van der Waals surface area contributed by atoms with Gasteiger partial charge in [-0.05, 0) is 6.07 Å². The number of nitrogens with zero attached hydrogens (tertiary/aromatic N) is 5. The van der Waals surface area contributed by atoms with Crippen LogP contribution in [-0.4, -0.2) is 45.9 Å². The number of nitrogens with one attached hydrogen (secondary N) is 1. The smallest absolute Gasteiger partial charge is 0.225 e. The minimum Gasteiger partial charge on any atom is -0.338 e. The fourth-order valence-corrected chi connectivity index (χ4v) is 2.14. The summed E-state index contributed by atoms with van der Waals surface area (Å²) in [6.07, 6.45) is 5.50. The number of hydrogen-bond acceptors (Lipinski definition) is 5. The molecule has 94 valence electrons. The Hall–Kier alpha value is -1.95. The normalized spacial score (nSPS) is 15.9. The molecule has 0 bridgehead atoms.